The van der Waals surface area contributed by atoms with E-state index in [1.165, 1.54) is 6.07 Å². The number of rotatable bonds is 5. The van der Waals surface area contributed by atoms with E-state index in [1.54, 1.807) is 0 Å². The molecule has 1 aromatic carbocycles. The lowest BCUT2D eigenvalue weighted by molar-refractivity contribution is 0.304. The van der Waals surface area contributed by atoms with Crippen LogP contribution in [0.3, 0.4) is 0 Å². The van der Waals surface area contributed by atoms with Gasteiger partial charge in [-0.05, 0) is 24.6 Å². The zero-order valence-corrected chi connectivity index (χ0v) is 10.4. The monoisotopic (exact) mass is 276 g/mol. The highest BCUT2D eigenvalue weighted by atomic mass is 35.7. The standard InChI is InChI=1S/C11H10ClFO3S/c1-2-3-4-7-16-10-6-5-9(13)8-11(10)17(12,14)15/h1,5-6,8H,3-4,7H2. The Labute approximate surface area is 104 Å². The van der Waals surface area contributed by atoms with Crippen LogP contribution < -0.4 is 4.74 Å². The van der Waals surface area contributed by atoms with Gasteiger partial charge < -0.3 is 4.74 Å². The summed E-state index contributed by atoms with van der Waals surface area (Å²) in [5.74, 6) is 1.76. The number of terminal acetylenes is 1. The van der Waals surface area contributed by atoms with E-state index in [4.69, 9.17) is 21.8 Å². The van der Waals surface area contributed by atoms with Crippen LogP contribution in [0.25, 0.3) is 0 Å². The van der Waals surface area contributed by atoms with Crippen LogP contribution >= 0.6 is 10.7 Å². The quantitative estimate of drug-likeness (QED) is 0.472. The highest BCUT2D eigenvalue weighted by Gasteiger charge is 2.17. The summed E-state index contributed by atoms with van der Waals surface area (Å²) < 4.78 is 40.5. The third-order valence-electron chi connectivity index (χ3n) is 1.89. The number of ether oxygens (including phenoxy) is 1. The lowest BCUT2D eigenvalue weighted by Gasteiger charge is -2.08. The number of unbranched alkanes of at least 4 members (excludes halogenated alkanes) is 1. The lowest BCUT2D eigenvalue weighted by atomic mass is 10.3. The number of hydrogen-bond acceptors (Lipinski definition) is 3. The molecule has 0 saturated heterocycles. The summed E-state index contributed by atoms with van der Waals surface area (Å²) in [5, 5.41) is 0. The highest BCUT2D eigenvalue weighted by Crippen LogP contribution is 2.27. The molecule has 0 radical (unpaired) electrons. The molecule has 0 spiro atoms. The van der Waals surface area contributed by atoms with Crippen LogP contribution in [0.5, 0.6) is 5.75 Å². The first-order valence-corrected chi connectivity index (χ1v) is 7.06. The molecule has 0 aromatic heterocycles. The summed E-state index contributed by atoms with van der Waals surface area (Å²) in [5.41, 5.74) is 0. The first-order chi connectivity index (χ1) is 7.95. The zero-order valence-electron chi connectivity index (χ0n) is 8.82. The van der Waals surface area contributed by atoms with Gasteiger partial charge in [-0.25, -0.2) is 12.8 Å². The maximum atomic E-state index is 12.9. The van der Waals surface area contributed by atoms with Crippen LogP contribution in [-0.4, -0.2) is 15.0 Å². The molecule has 0 saturated carbocycles. The SMILES string of the molecule is C#CCCCOc1ccc(F)cc1S(=O)(=O)Cl. The average molecular weight is 277 g/mol. The Morgan fingerprint density at radius 2 is 2.18 bits per heavy atom. The molecule has 0 atom stereocenters. The third-order valence-corrected chi connectivity index (χ3v) is 3.23. The van der Waals surface area contributed by atoms with Gasteiger partial charge in [-0.1, -0.05) is 0 Å². The van der Waals surface area contributed by atoms with E-state index in [-0.39, 0.29) is 17.3 Å². The van der Waals surface area contributed by atoms with Crippen molar-refractivity contribution in [3.05, 3.63) is 24.0 Å². The van der Waals surface area contributed by atoms with E-state index in [0.717, 1.165) is 12.1 Å². The molecule has 0 unspecified atom stereocenters. The summed E-state index contributed by atoms with van der Waals surface area (Å²) in [4.78, 5) is -0.375. The van der Waals surface area contributed by atoms with Crippen molar-refractivity contribution < 1.29 is 17.5 Å². The first kappa shape index (κ1) is 13.8. The van der Waals surface area contributed by atoms with Crippen LogP contribution in [0.4, 0.5) is 4.39 Å². The van der Waals surface area contributed by atoms with Crippen LogP contribution in [0.15, 0.2) is 23.1 Å². The topological polar surface area (TPSA) is 43.4 Å². The lowest BCUT2D eigenvalue weighted by Crippen LogP contribution is -2.02. The fourth-order valence-corrected chi connectivity index (χ4v) is 2.13. The molecule has 3 nitrogen and oxygen atoms in total. The molecule has 92 valence electrons. The molecular formula is C11H10ClFO3S. The molecule has 1 aromatic rings. The molecule has 0 fully saturated rings. The average Bonchev–Trinajstić information content (AvgIpc) is 2.25. The molecule has 0 N–H and O–H groups in total. The van der Waals surface area contributed by atoms with Crippen LogP contribution in [0.2, 0.25) is 0 Å². The van der Waals surface area contributed by atoms with E-state index >= 15 is 0 Å². The van der Waals surface area contributed by atoms with Crippen molar-refractivity contribution in [2.45, 2.75) is 17.7 Å². The van der Waals surface area contributed by atoms with Gasteiger partial charge in [0.05, 0.1) is 6.61 Å². The molecule has 0 aliphatic heterocycles. The second-order valence-electron chi connectivity index (χ2n) is 3.19. The molecule has 0 heterocycles. The van der Waals surface area contributed by atoms with E-state index < -0.39 is 14.9 Å². The fourth-order valence-electron chi connectivity index (χ4n) is 1.15. The van der Waals surface area contributed by atoms with E-state index in [2.05, 4.69) is 5.92 Å². The Morgan fingerprint density at radius 1 is 1.47 bits per heavy atom. The van der Waals surface area contributed by atoms with Gasteiger partial charge in [0.25, 0.3) is 9.05 Å². The summed E-state index contributed by atoms with van der Waals surface area (Å²) >= 11 is 0. The van der Waals surface area contributed by atoms with Crippen molar-refractivity contribution in [1.82, 2.24) is 0 Å². The minimum atomic E-state index is -4.03. The maximum absolute atomic E-state index is 12.9. The number of benzene rings is 1. The predicted molar refractivity (Wildman–Crippen MR) is 63.0 cm³/mol. The van der Waals surface area contributed by atoms with Crippen molar-refractivity contribution in [2.75, 3.05) is 6.61 Å². The molecule has 0 bridgehead atoms. The molecule has 0 aliphatic rings. The van der Waals surface area contributed by atoms with Gasteiger partial charge in [-0.15, -0.1) is 12.3 Å². The second kappa shape index (κ2) is 5.89. The largest absolute Gasteiger partial charge is 0.492 e. The van der Waals surface area contributed by atoms with Crippen molar-refractivity contribution >= 4 is 19.7 Å². The van der Waals surface area contributed by atoms with Gasteiger partial charge in [0.15, 0.2) is 0 Å². The minimum Gasteiger partial charge on any atom is -0.492 e. The second-order valence-corrected chi connectivity index (χ2v) is 5.72. The van der Waals surface area contributed by atoms with Crippen molar-refractivity contribution in [3.63, 3.8) is 0 Å². The Kier molecular flexibility index (Phi) is 4.79. The van der Waals surface area contributed by atoms with Gasteiger partial charge in [-0.3, -0.25) is 0 Å². The zero-order chi connectivity index (χ0) is 12.9. The minimum absolute atomic E-state index is 0.0263. The predicted octanol–water partition coefficient (Wildman–Crippen LogP) is 2.55. The molecule has 1 rings (SSSR count). The van der Waals surface area contributed by atoms with Crippen LogP contribution in [0, 0.1) is 18.2 Å². The van der Waals surface area contributed by atoms with Gasteiger partial charge in [0.2, 0.25) is 0 Å². The highest BCUT2D eigenvalue weighted by molar-refractivity contribution is 8.13. The van der Waals surface area contributed by atoms with Gasteiger partial charge >= 0.3 is 0 Å². The van der Waals surface area contributed by atoms with Gasteiger partial charge in [0, 0.05) is 17.1 Å². The van der Waals surface area contributed by atoms with E-state index in [1.807, 2.05) is 0 Å². The smallest absolute Gasteiger partial charge is 0.265 e. The summed E-state index contributed by atoms with van der Waals surface area (Å²) in [6.07, 6.45) is 6.15. The Morgan fingerprint density at radius 3 is 2.76 bits per heavy atom. The first-order valence-electron chi connectivity index (χ1n) is 4.75. The molecule has 17 heavy (non-hydrogen) atoms. The maximum Gasteiger partial charge on any atom is 0.265 e. The van der Waals surface area contributed by atoms with Crippen molar-refractivity contribution in [2.24, 2.45) is 0 Å². The van der Waals surface area contributed by atoms with Gasteiger partial charge in [0.1, 0.15) is 16.5 Å². The summed E-state index contributed by atoms with van der Waals surface area (Å²) in [6, 6.07) is 3.14. The Bertz CT molecular complexity index is 534. The van der Waals surface area contributed by atoms with Crippen LogP contribution in [0.1, 0.15) is 12.8 Å². The number of hydrogen-bond donors (Lipinski definition) is 0. The Hall–Kier alpha value is -1.25. The Balaban J connectivity index is 2.89. The van der Waals surface area contributed by atoms with Crippen molar-refractivity contribution in [3.8, 4) is 18.1 Å². The van der Waals surface area contributed by atoms with E-state index in [0.29, 0.717) is 12.8 Å². The fraction of sp³-hybridized carbons (Fsp3) is 0.273. The molecular weight excluding hydrogens is 267 g/mol. The normalized spacial score (nSPS) is 10.9. The number of halogens is 2. The molecule has 6 heteroatoms. The molecule has 0 amide bonds. The van der Waals surface area contributed by atoms with Crippen LogP contribution in [-0.2, 0) is 9.05 Å². The van der Waals surface area contributed by atoms with Crippen molar-refractivity contribution in [1.29, 1.82) is 0 Å². The van der Waals surface area contributed by atoms with Gasteiger partial charge in [-0.2, -0.15) is 0 Å². The third kappa shape index (κ3) is 4.25. The summed E-state index contributed by atoms with van der Waals surface area (Å²) in [6.45, 7) is 0.245. The summed E-state index contributed by atoms with van der Waals surface area (Å²) in [7, 11) is 1.14. The molecule has 0 aliphatic carbocycles. The van der Waals surface area contributed by atoms with E-state index in [9.17, 15) is 12.8 Å².